The molecule has 0 radical (unpaired) electrons. The second-order valence-electron chi connectivity index (χ2n) is 7.15. The zero-order valence-corrected chi connectivity index (χ0v) is 16.7. The van der Waals surface area contributed by atoms with E-state index in [4.69, 9.17) is 4.98 Å². The Labute approximate surface area is 171 Å². The van der Waals surface area contributed by atoms with E-state index in [-0.39, 0.29) is 16.5 Å². The zero-order valence-electron chi connectivity index (χ0n) is 16.7. The number of benzene rings is 2. The standard InChI is InChI=1S/C22H20N4O4/c1-3-4-13-25-20(14-9-11-15(12-10-14)26(29)30)23-21-18(22(25)28)19(27)16-7-5-6-8-17(16)24(21)2/h5-12H,3-4,13H2,1-2H3. The van der Waals surface area contributed by atoms with Crippen molar-refractivity contribution in [2.75, 3.05) is 0 Å². The molecule has 4 rings (SSSR count). The van der Waals surface area contributed by atoms with E-state index in [2.05, 4.69) is 0 Å². The molecule has 2 aromatic heterocycles. The van der Waals surface area contributed by atoms with Crippen LogP contribution in [0.3, 0.4) is 0 Å². The third-order valence-electron chi connectivity index (χ3n) is 5.28. The summed E-state index contributed by atoms with van der Waals surface area (Å²) in [4.78, 5) is 41.7. The summed E-state index contributed by atoms with van der Waals surface area (Å²) in [5, 5.41) is 11.5. The van der Waals surface area contributed by atoms with Gasteiger partial charge in [0.15, 0.2) is 5.65 Å². The Bertz CT molecular complexity index is 1400. The Morgan fingerprint density at radius 1 is 1.07 bits per heavy atom. The number of aryl methyl sites for hydroxylation is 1. The van der Waals surface area contributed by atoms with E-state index in [1.807, 2.05) is 19.1 Å². The maximum atomic E-state index is 13.4. The quantitative estimate of drug-likeness (QED) is 0.287. The number of non-ortho nitro benzene ring substituents is 1. The monoisotopic (exact) mass is 404 g/mol. The van der Waals surface area contributed by atoms with Crippen molar-refractivity contribution in [1.82, 2.24) is 14.1 Å². The number of aromatic nitrogens is 3. The predicted octanol–water partition coefficient (Wildman–Crippen LogP) is 3.62. The zero-order chi connectivity index (χ0) is 21.4. The summed E-state index contributed by atoms with van der Waals surface area (Å²) < 4.78 is 3.25. The first kappa shape index (κ1) is 19.5. The summed E-state index contributed by atoms with van der Waals surface area (Å²) >= 11 is 0. The average Bonchev–Trinajstić information content (AvgIpc) is 2.76. The van der Waals surface area contributed by atoms with Crippen LogP contribution in [0.5, 0.6) is 0 Å². The van der Waals surface area contributed by atoms with Gasteiger partial charge in [0, 0.05) is 36.7 Å². The van der Waals surface area contributed by atoms with E-state index in [9.17, 15) is 19.7 Å². The fourth-order valence-electron chi connectivity index (χ4n) is 3.67. The van der Waals surface area contributed by atoms with Crippen molar-refractivity contribution in [2.24, 2.45) is 7.05 Å². The van der Waals surface area contributed by atoms with Crippen LogP contribution in [0.15, 0.2) is 58.1 Å². The molecule has 8 heteroatoms. The molecule has 0 unspecified atom stereocenters. The third kappa shape index (κ3) is 3.06. The molecule has 0 aliphatic rings. The first-order valence-electron chi connectivity index (χ1n) is 9.71. The van der Waals surface area contributed by atoms with Gasteiger partial charge in [-0.1, -0.05) is 25.5 Å². The Balaban J connectivity index is 2.10. The maximum Gasteiger partial charge on any atom is 0.269 e. The summed E-state index contributed by atoms with van der Waals surface area (Å²) in [6.07, 6.45) is 1.60. The first-order chi connectivity index (χ1) is 14.4. The first-order valence-corrected chi connectivity index (χ1v) is 9.71. The number of hydrogen-bond donors (Lipinski definition) is 0. The Hall–Kier alpha value is -3.81. The number of para-hydroxylation sites is 1. The molecule has 0 fully saturated rings. The van der Waals surface area contributed by atoms with Crippen molar-refractivity contribution in [2.45, 2.75) is 26.3 Å². The highest BCUT2D eigenvalue weighted by Gasteiger charge is 2.19. The normalized spacial score (nSPS) is 11.3. The maximum absolute atomic E-state index is 13.4. The van der Waals surface area contributed by atoms with Crippen LogP contribution in [0.1, 0.15) is 19.8 Å². The Kier molecular flexibility index (Phi) is 4.91. The summed E-state index contributed by atoms with van der Waals surface area (Å²) in [5.41, 5.74) is 0.786. The molecule has 0 atom stereocenters. The van der Waals surface area contributed by atoms with Crippen LogP contribution in [-0.4, -0.2) is 19.0 Å². The highest BCUT2D eigenvalue weighted by Crippen LogP contribution is 2.23. The molecule has 8 nitrogen and oxygen atoms in total. The van der Waals surface area contributed by atoms with Crippen molar-refractivity contribution >= 4 is 27.6 Å². The molecule has 4 aromatic rings. The number of hydrogen-bond acceptors (Lipinski definition) is 5. The van der Waals surface area contributed by atoms with Gasteiger partial charge in [0.25, 0.3) is 11.2 Å². The largest absolute Gasteiger partial charge is 0.328 e. The molecule has 30 heavy (non-hydrogen) atoms. The van der Waals surface area contributed by atoms with E-state index >= 15 is 0 Å². The van der Waals surface area contributed by atoms with Crippen LogP contribution in [0.25, 0.3) is 33.3 Å². The second kappa shape index (κ2) is 7.55. The number of pyridine rings is 1. The van der Waals surface area contributed by atoms with Crippen LogP contribution in [0.2, 0.25) is 0 Å². The molecular formula is C22H20N4O4. The summed E-state index contributed by atoms with van der Waals surface area (Å²) in [5.74, 6) is 0.390. The van der Waals surface area contributed by atoms with Gasteiger partial charge in [0.1, 0.15) is 11.2 Å². The number of fused-ring (bicyclic) bond motifs is 2. The number of nitrogens with zero attached hydrogens (tertiary/aromatic N) is 4. The third-order valence-corrected chi connectivity index (χ3v) is 5.28. The lowest BCUT2D eigenvalue weighted by Crippen LogP contribution is -2.29. The number of nitro groups is 1. The van der Waals surface area contributed by atoms with Crippen LogP contribution in [0.4, 0.5) is 5.69 Å². The van der Waals surface area contributed by atoms with Gasteiger partial charge in [0.2, 0.25) is 5.43 Å². The molecule has 0 spiro atoms. The lowest BCUT2D eigenvalue weighted by Gasteiger charge is -2.16. The van der Waals surface area contributed by atoms with Crippen LogP contribution >= 0.6 is 0 Å². The van der Waals surface area contributed by atoms with Crippen molar-refractivity contribution in [3.8, 4) is 11.4 Å². The lowest BCUT2D eigenvalue weighted by atomic mass is 10.1. The summed E-state index contributed by atoms with van der Waals surface area (Å²) in [6, 6.07) is 13.0. The molecule has 0 aliphatic heterocycles. The molecule has 0 saturated carbocycles. The molecule has 0 saturated heterocycles. The number of unbranched alkanes of at least 4 members (excludes halogenated alkanes) is 1. The van der Waals surface area contributed by atoms with Gasteiger partial charge in [-0.25, -0.2) is 4.98 Å². The second-order valence-corrected chi connectivity index (χ2v) is 7.15. The molecule has 0 N–H and O–H groups in total. The summed E-state index contributed by atoms with van der Waals surface area (Å²) in [6.45, 7) is 2.41. The molecule has 0 amide bonds. The minimum Gasteiger partial charge on any atom is -0.328 e. The number of nitro benzene ring substituents is 1. The highest BCUT2D eigenvalue weighted by molar-refractivity contribution is 5.91. The number of rotatable bonds is 5. The minimum absolute atomic E-state index is 0.0413. The van der Waals surface area contributed by atoms with Gasteiger partial charge in [0.05, 0.1) is 10.4 Å². The highest BCUT2D eigenvalue weighted by atomic mass is 16.6. The van der Waals surface area contributed by atoms with Gasteiger partial charge in [-0.3, -0.25) is 24.3 Å². The smallest absolute Gasteiger partial charge is 0.269 e. The molecule has 2 heterocycles. The van der Waals surface area contributed by atoms with Crippen LogP contribution < -0.4 is 11.0 Å². The van der Waals surface area contributed by atoms with Crippen molar-refractivity contribution in [3.05, 3.63) is 79.2 Å². The fourth-order valence-corrected chi connectivity index (χ4v) is 3.67. The SMILES string of the molecule is CCCCn1c(-c2ccc([N+](=O)[O-])cc2)nc2c(c(=O)c3ccccc3n2C)c1=O. The van der Waals surface area contributed by atoms with Gasteiger partial charge < -0.3 is 4.57 Å². The van der Waals surface area contributed by atoms with Crippen molar-refractivity contribution in [1.29, 1.82) is 0 Å². The summed E-state index contributed by atoms with van der Waals surface area (Å²) in [7, 11) is 1.77. The van der Waals surface area contributed by atoms with Gasteiger partial charge in [-0.2, -0.15) is 0 Å². The van der Waals surface area contributed by atoms with Gasteiger partial charge in [-0.05, 0) is 30.7 Å². The van der Waals surface area contributed by atoms with Crippen molar-refractivity contribution in [3.63, 3.8) is 0 Å². The fraction of sp³-hybridized carbons (Fsp3) is 0.227. The van der Waals surface area contributed by atoms with E-state index in [0.717, 1.165) is 12.8 Å². The van der Waals surface area contributed by atoms with E-state index < -0.39 is 10.5 Å². The molecular weight excluding hydrogens is 384 g/mol. The minimum atomic E-state index is -0.475. The van der Waals surface area contributed by atoms with Crippen LogP contribution in [-0.2, 0) is 13.6 Å². The van der Waals surface area contributed by atoms with Gasteiger partial charge in [-0.15, -0.1) is 0 Å². The van der Waals surface area contributed by atoms with Crippen LogP contribution in [0, 0.1) is 10.1 Å². The average molecular weight is 404 g/mol. The van der Waals surface area contributed by atoms with Gasteiger partial charge >= 0.3 is 0 Å². The van der Waals surface area contributed by atoms with E-state index in [1.165, 1.54) is 16.7 Å². The topological polar surface area (TPSA) is 100 Å². The van der Waals surface area contributed by atoms with Crippen molar-refractivity contribution < 1.29 is 4.92 Å². The molecule has 0 bridgehead atoms. The van der Waals surface area contributed by atoms with E-state index in [1.54, 1.807) is 35.9 Å². The Morgan fingerprint density at radius 2 is 1.77 bits per heavy atom. The molecule has 152 valence electrons. The lowest BCUT2D eigenvalue weighted by molar-refractivity contribution is -0.384. The molecule has 2 aromatic carbocycles. The molecule has 0 aliphatic carbocycles. The predicted molar refractivity (Wildman–Crippen MR) is 116 cm³/mol. The Morgan fingerprint density at radius 3 is 2.43 bits per heavy atom. The van der Waals surface area contributed by atoms with E-state index in [0.29, 0.717) is 34.5 Å².